The molecule has 0 saturated carbocycles. The van der Waals surface area contributed by atoms with Gasteiger partial charge in [0.05, 0.1) is 38.1 Å². The van der Waals surface area contributed by atoms with E-state index in [1.165, 1.54) is 21.8 Å². The fourth-order valence-corrected chi connectivity index (χ4v) is 5.89. The van der Waals surface area contributed by atoms with Crippen molar-refractivity contribution < 1.29 is 29.9 Å². The summed E-state index contributed by atoms with van der Waals surface area (Å²) in [6, 6.07) is -0.128. The van der Waals surface area contributed by atoms with Gasteiger partial charge in [0.2, 0.25) is 11.9 Å². The Morgan fingerprint density at radius 3 is 2.12 bits per heavy atom. The Balaban J connectivity index is 1.24. The second-order valence-electron chi connectivity index (χ2n) is 10.8. The molecule has 224 valence electrons. The minimum Gasteiger partial charge on any atom is -0.394 e. The lowest BCUT2D eigenvalue weighted by atomic mass is 10.1. The van der Waals surface area contributed by atoms with Gasteiger partial charge in [0, 0.05) is 25.3 Å². The summed E-state index contributed by atoms with van der Waals surface area (Å²) < 4.78 is 16.0. The Morgan fingerprint density at radius 1 is 0.929 bits per heavy atom. The van der Waals surface area contributed by atoms with Crippen molar-refractivity contribution in [3.05, 3.63) is 33.4 Å². The van der Waals surface area contributed by atoms with Crippen LogP contribution in [0.2, 0.25) is 0 Å². The summed E-state index contributed by atoms with van der Waals surface area (Å²) in [4.78, 5) is 46.9. The van der Waals surface area contributed by atoms with Crippen LogP contribution < -0.4 is 21.8 Å². The van der Waals surface area contributed by atoms with Crippen LogP contribution in [0.1, 0.15) is 44.8 Å². The quantitative estimate of drug-likeness (QED) is 0.131. The molecular formula is C24H30N10O8. The minimum absolute atomic E-state index is 0.0685. The van der Waals surface area contributed by atoms with Gasteiger partial charge >= 0.3 is 0 Å². The van der Waals surface area contributed by atoms with Crippen LogP contribution in [-0.2, 0) is 9.47 Å². The van der Waals surface area contributed by atoms with Crippen LogP contribution in [0, 0.1) is 0 Å². The second kappa shape index (κ2) is 10.1. The van der Waals surface area contributed by atoms with Crippen molar-refractivity contribution in [2.24, 2.45) is 0 Å². The number of nitrogens with zero attached hydrogens (tertiary/aromatic N) is 7. The molecule has 7 rings (SSSR count). The van der Waals surface area contributed by atoms with E-state index in [-0.39, 0.29) is 66.3 Å². The maximum atomic E-state index is 13.7. The zero-order chi connectivity index (χ0) is 29.3. The predicted octanol–water partition coefficient (Wildman–Crippen LogP) is -1.88. The van der Waals surface area contributed by atoms with Crippen molar-refractivity contribution in [3.63, 3.8) is 0 Å². The number of aromatic nitrogens is 8. The molecular weight excluding hydrogens is 556 g/mol. The van der Waals surface area contributed by atoms with Gasteiger partial charge in [-0.1, -0.05) is 0 Å². The molecule has 4 aromatic heterocycles. The van der Waals surface area contributed by atoms with Crippen LogP contribution in [0.4, 0.5) is 11.9 Å². The first kappa shape index (κ1) is 26.9. The molecule has 18 nitrogen and oxygen atoms in total. The molecule has 18 heteroatoms. The highest BCUT2D eigenvalue weighted by Crippen LogP contribution is 2.33. The molecule has 0 amide bonds. The van der Waals surface area contributed by atoms with E-state index >= 15 is 0 Å². The number of rotatable bonds is 6. The molecule has 42 heavy (non-hydrogen) atoms. The lowest BCUT2D eigenvalue weighted by Gasteiger charge is -2.32. The van der Waals surface area contributed by atoms with Crippen molar-refractivity contribution in [1.29, 1.82) is 0 Å². The van der Waals surface area contributed by atoms with E-state index in [1.807, 2.05) is 6.92 Å². The molecule has 8 atom stereocenters. The molecule has 7 N–H and O–H groups in total. The monoisotopic (exact) mass is 586 g/mol. The first-order chi connectivity index (χ1) is 20.2. The summed E-state index contributed by atoms with van der Waals surface area (Å²) in [5.74, 6) is 0.345. The van der Waals surface area contributed by atoms with E-state index < -0.39 is 54.2 Å². The van der Waals surface area contributed by atoms with Crippen molar-refractivity contribution in [2.45, 2.75) is 75.3 Å². The summed E-state index contributed by atoms with van der Waals surface area (Å²) in [6.07, 6.45) is -1.65. The number of hydrogen-bond acceptors (Lipinski definition) is 14. The Morgan fingerprint density at radius 2 is 1.52 bits per heavy atom. The number of ether oxygens (including phenoxy) is 2. The SMILES string of the molecule is CC1C[C@H](Nc2nc3c(ncn3[C@H]3C[C@H](O)[C@@H](CO)O3)c(=O)[nH]2)n2c(nc3c(ncn3[C@H]3C[C@H](O)[C@@H](CO)O3)c2=O)N1. The van der Waals surface area contributed by atoms with E-state index in [2.05, 4.69) is 35.6 Å². The molecule has 3 aliphatic heterocycles. The third-order valence-corrected chi connectivity index (χ3v) is 8.02. The van der Waals surface area contributed by atoms with Gasteiger partial charge in [-0.25, -0.2) is 9.97 Å². The van der Waals surface area contributed by atoms with Gasteiger partial charge in [0.25, 0.3) is 11.1 Å². The third kappa shape index (κ3) is 4.26. The third-order valence-electron chi connectivity index (χ3n) is 8.02. The van der Waals surface area contributed by atoms with Crippen LogP contribution in [-0.4, -0.2) is 103 Å². The number of aliphatic hydroxyl groups is 4. The summed E-state index contributed by atoms with van der Waals surface area (Å²) in [5, 5.41) is 45.6. The standard InChI is InChI=1S/C24H30N10O8/c1-9-2-14(28-23-29-19-17(21(39)31-23)25-7-32(19)15-3-10(37)12(5-35)41-15)34-22(40)18-20(30-24(34)27-9)33(8-26-18)16-4-11(38)13(6-36)42-16/h7-16,35-38H,2-6H2,1H3,(H,27,30)(H2,28,29,31,39)/t9?,10-,11-,12+,13+,14+,15+,16+/m0/s1. The maximum Gasteiger partial charge on any atom is 0.284 e. The smallest absolute Gasteiger partial charge is 0.284 e. The van der Waals surface area contributed by atoms with Crippen LogP contribution in [0.3, 0.4) is 0 Å². The van der Waals surface area contributed by atoms with Crippen molar-refractivity contribution >= 4 is 34.2 Å². The van der Waals surface area contributed by atoms with E-state index in [4.69, 9.17) is 9.47 Å². The van der Waals surface area contributed by atoms with Gasteiger partial charge in [-0.15, -0.1) is 0 Å². The lowest BCUT2D eigenvalue weighted by Crippen LogP contribution is -2.41. The van der Waals surface area contributed by atoms with Gasteiger partial charge in [0.1, 0.15) is 30.8 Å². The molecule has 4 aromatic rings. The molecule has 0 aromatic carbocycles. The van der Waals surface area contributed by atoms with Crippen molar-refractivity contribution in [2.75, 3.05) is 23.8 Å². The zero-order valence-electron chi connectivity index (χ0n) is 22.4. The molecule has 0 aliphatic carbocycles. The summed E-state index contributed by atoms with van der Waals surface area (Å²) in [7, 11) is 0. The van der Waals surface area contributed by atoms with Crippen LogP contribution in [0.5, 0.6) is 0 Å². The van der Waals surface area contributed by atoms with Gasteiger partial charge in [-0.3, -0.25) is 28.3 Å². The Hall–Kier alpha value is -3.94. The Labute approximate surface area is 235 Å². The normalized spacial score (nSPS) is 31.1. The van der Waals surface area contributed by atoms with Gasteiger partial charge in [-0.2, -0.15) is 9.97 Å². The average molecular weight is 587 g/mol. The molecule has 0 bridgehead atoms. The van der Waals surface area contributed by atoms with Crippen molar-refractivity contribution in [3.8, 4) is 0 Å². The fourth-order valence-electron chi connectivity index (χ4n) is 5.89. The molecule has 2 saturated heterocycles. The molecule has 0 spiro atoms. The van der Waals surface area contributed by atoms with Crippen molar-refractivity contribution in [1.82, 2.24) is 38.6 Å². The van der Waals surface area contributed by atoms with Crippen LogP contribution in [0.25, 0.3) is 22.3 Å². The van der Waals surface area contributed by atoms with E-state index in [0.717, 1.165) is 0 Å². The number of anilines is 2. The number of fused-ring (bicyclic) bond motifs is 3. The summed E-state index contributed by atoms with van der Waals surface area (Å²) in [5.41, 5.74) is -0.338. The summed E-state index contributed by atoms with van der Waals surface area (Å²) >= 11 is 0. The van der Waals surface area contributed by atoms with Gasteiger partial charge in [-0.05, 0) is 6.92 Å². The van der Waals surface area contributed by atoms with E-state index in [1.54, 1.807) is 4.57 Å². The number of imidazole rings is 2. The number of hydrogen-bond donors (Lipinski definition) is 7. The minimum atomic E-state index is -0.883. The van der Waals surface area contributed by atoms with E-state index in [0.29, 0.717) is 6.42 Å². The molecule has 0 radical (unpaired) electrons. The Kier molecular flexibility index (Phi) is 6.48. The molecule has 7 heterocycles. The number of aromatic amines is 1. The first-order valence-electron chi connectivity index (χ1n) is 13.6. The summed E-state index contributed by atoms with van der Waals surface area (Å²) in [6.45, 7) is 1.22. The molecule has 3 aliphatic rings. The van der Waals surface area contributed by atoms with Crippen LogP contribution in [0.15, 0.2) is 22.2 Å². The van der Waals surface area contributed by atoms with Crippen LogP contribution >= 0.6 is 0 Å². The highest BCUT2D eigenvalue weighted by atomic mass is 16.5. The lowest BCUT2D eigenvalue weighted by molar-refractivity contribution is -0.0432. The predicted molar refractivity (Wildman–Crippen MR) is 144 cm³/mol. The van der Waals surface area contributed by atoms with Gasteiger partial charge < -0.3 is 40.5 Å². The average Bonchev–Trinajstić information content (AvgIpc) is 3.73. The Bertz CT molecular complexity index is 1770. The molecule has 1 unspecified atom stereocenters. The first-order valence-corrected chi connectivity index (χ1v) is 13.6. The molecule has 2 fully saturated rings. The number of nitrogens with one attached hydrogen (secondary N) is 3. The largest absolute Gasteiger partial charge is 0.394 e. The number of H-pyrrole nitrogens is 1. The fraction of sp³-hybridized carbons (Fsp3) is 0.583. The number of aliphatic hydroxyl groups excluding tert-OH is 4. The van der Waals surface area contributed by atoms with Gasteiger partial charge in [0.15, 0.2) is 22.3 Å². The highest BCUT2D eigenvalue weighted by Gasteiger charge is 2.37. The second-order valence-corrected chi connectivity index (χ2v) is 10.8. The maximum absolute atomic E-state index is 13.7. The van der Waals surface area contributed by atoms with E-state index in [9.17, 15) is 30.0 Å². The highest BCUT2D eigenvalue weighted by molar-refractivity contribution is 5.72. The topological polar surface area (TPSA) is 240 Å². The zero-order valence-corrected chi connectivity index (χ0v) is 22.4.